The van der Waals surface area contributed by atoms with E-state index < -0.39 is 5.60 Å². The van der Waals surface area contributed by atoms with Gasteiger partial charge in [0.05, 0.1) is 0 Å². The topological polar surface area (TPSA) is 41.9 Å². The lowest BCUT2D eigenvalue weighted by molar-refractivity contribution is 0.0548. The Balaban J connectivity index is 1.24. The molecule has 0 radical (unpaired) electrons. The number of ether oxygens (including phenoxy) is 2. The summed E-state index contributed by atoms with van der Waals surface area (Å²) in [6.07, 6.45) is 0.501. The van der Waals surface area contributed by atoms with Crippen molar-refractivity contribution in [3.63, 3.8) is 0 Å². The van der Waals surface area contributed by atoms with Gasteiger partial charge in [0.15, 0.2) is 0 Å². The minimum absolute atomic E-state index is 0.489. The van der Waals surface area contributed by atoms with Crippen LogP contribution in [0.2, 0.25) is 0 Å². The molecule has 0 bridgehead atoms. The molecule has 236 valence electrons. The van der Waals surface area contributed by atoms with E-state index in [-0.39, 0.29) is 0 Å². The fourth-order valence-corrected chi connectivity index (χ4v) is 5.81. The van der Waals surface area contributed by atoms with Crippen LogP contribution in [0.4, 0.5) is 0 Å². The highest BCUT2D eigenvalue weighted by atomic mass is 16.5. The molecule has 0 amide bonds. The molecule has 0 atom stereocenters. The van der Waals surface area contributed by atoms with Gasteiger partial charge in [0.2, 0.25) is 0 Å². The fraction of sp³-hybridized carbons (Fsp3) is 0.163. The van der Waals surface area contributed by atoms with Crippen LogP contribution < -0.4 is 9.47 Å². The van der Waals surface area contributed by atoms with Gasteiger partial charge in [0.1, 0.15) is 30.3 Å². The van der Waals surface area contributed by atoms with E-state index >= 15 is 0 Å². The zero-order valence-corrected chi connectivity index (χ0v) is 26.6. The molecule has 0 aliphatic carbocycles. The summed E-state index contributed by atoms with van der Waals surface area (Å²) in [5, 5.41) is 12.6. The first-order valence-corrected chi connectivity index (χ1v) is 16.2. The van der Waals surface area contributed by atoms with Gasteiger partial charge in [-0.25, -0.2) is 0 Å². The van der Waals surface area contributed by atoms with Crippen LogP contribution in [0, 0.1) is 0 Å². The number of rotatable bonds is 15. The van der Waals surface area contributed by atoms with Crippen LogP contribution >= 0.6 is 0 Å². The monoisotopic (exact) mass is 619 g/mol. The Morgan fingerprint density at radius 1 is 0.426 bits per heavy atom. The van der Waals surface area contributed by atoms with Crippen molar-refractivity contribution in [3.05, 3.63) is 203 Å². The molecule has 1 N–H and O–H groups in total. The second kappa shape index (κ2) is 15.9. The van der Waals surface area contributed by atoms with Crippen molar-refractivity contribution in [3.8, 4) is 11.5 Å². The standard InChI is InChI=1S/C43H41NO3/c45-43(39-21-25-41(26-22-39)46-33-37-17-9-3-10-18-37,40-23-27-42(28-24-40)47-34-38-19-11-4-12-20-38)29-30-44(31-35-13-5-1-6-14-35)32-36-15-7-2-8-16-36/h1-28,45H,29-34H2. The van der Waals surface area contributed by atoms with Crippen molar-refractivity contribution in [1.29, 1.82) is 0 Å². The molecule has 0 fully saturated rings. The predicted octanol–water partition coefficient (Wildman–Crippen LogP) is 9.17. The highest BCUT2D eigenvalue weighted by Crippen LogP contribution is 2.36. The summed E-state index contributed by atoms with van der Waals surface area (Å²) in [6.45, 7) is 3.22. The minimum Gasteiger partial charge on any atom is -0.489 e. The average molecular weight is 620 g/mol. The van der Waals surface area contributed by atoms with Crippen LogP contribution in [0.5, 0.6) is 11.5 Å². The van der Waals surface area contributed by atoms with Crippen LogP contribution in [0.15, 0.2) is 170 Å². The van der Waals surface area contributed by atoms with E-state index in [0.29, 0.717) is 26.2 Å². The zero-order valence-electron chi connectivity index (χ0n) is 26.6. The quantitative estimate of drug-likeness (QED) is 0.124. The maximum Gasteiger partial charge on any atom is 0.119 e. The maximum absolute atomic E-state index is 12.6. The van der Waals surface area contributed by atoms with Crippen molar-refractivity contribution in [2.24, 2.45) is 0 Å². The van der Waals surface area contributed by atoms with E-state index in [0.717, 1.165) is 46.8 Å². The van der Waals surface area contributed by atoms with E-state index in [1.807, 2.05) is 97.1 Å². The minimum atomic E-state index is -1.23. The molecule has 6 aromatic rings. The van der Waals surface area contributed by atoms with Gasteiger partial charge in [-0.1, -0.05) is 146 Å². The van der Waals surface area contributed by atoms with Crippen LogP contribution in [-0.2, 0) is 31.9 Å². The molecule has 0 aliphatic heterocycles. The van der Waals surface area contributed by atoms with Gasteiger partial charge in [0, 0.05) is 19.6 Å². The van der Waals surface area contributed by atoms with E-state index in [9.17, 15) is 5.11 Å². The molecule has 47 heavy (non-hydrogen) atoms. The Kier molecular flexibility index (Phi) is 10.8. The lowest BCUT2D eigenvalue weighted by atomic mass is 9.83. The summed E-state index contributed by atoms with van der Waals surface area (Å²) < 4.78 is 12.1. The number of benzene rings is 6. The van der Waals surface area contributed by atoms with Gasteiger partial charge < -0.3 is 14.6 Å². The SMILES string of the molecule is OC(CCN(Cc1ccccc1)Cc1ccccc1)(c1ccc(OCc2ccccc2)cc1)c1ccc(OCc2ccccc2)cc1. The second-order valence-corrected chi connectivity index (χ2v) is 11.9. The summed E-state index contributed by atoms with van der Waals surface area (Å²) >= 11 is 0. The van der Waals surface area contributed by atoms with E-state index in [2.05, 4.69) is 77.7 Å². The normalized spacial score (nSPS) is 11.4. The van der Waals surface area contributed by atoms with Crippen LogP contribution in [0.3, 0.4) is 0 Å². The lowest BCUT2D eigenvalue weighted by Crippen LogP contribution is -2.34. The molecule has 0 aliphatic rings. The first kappa shape index (κ1) is 31.8. The first-order valence-electron chi connectivity index (χ1n) is 16.2. The number of hydrogen-bond donors (Lipinski definition) is 1. The van der Waals surface area contributed by atoms with Crippen molar-refractivity contribution < 1.29 is 14.6 Å². The van der Waals surface area contributed by atoms with Crippen LogP contribution in [-0.4, -0.2) is 16.6 Å². The molecule has 0 spiro atoms. The molecule has 0 unspecified atom stereocenters. The molecule has 4 nitrogen and oxygen atoms in total. The maximum atomic E-state index is 12.6. The van der Waals surface area contributed by atoms with Gasteiger partial charge in [-0.3, -0.25) is 4.90 Å². The Bertz CT molecular complexity index is 1630. The Morgan fingerprint density at radius 2 is 0.766 bits per heavy atom. The molecular weight excluding hydrogens is 578 g/mol. The summed E-state index contributed by atoms with van der Waals surface area (Å²) in [5.41, 5.74) is 5.11. The van der Waals surface area contributed by atoms with Gasteiger partial charge in [0.25, 0.3) is 0 Å². The van der Waals surface area contributed by atoms with Crippen molar-refractivity contribution in [1.82, 2.24) is 4.90 Å². The summed E-state index contributed by atoms with van der Waals surface area (Å²) in [7, 11) is 0. The van der Waals surface area contributed by atoms with E-state index in [1.165, 1.54) is 11.1 Å². The van der Waals surface area contributed by atoms with Crippen molar-refractivity contribution in [2.75, 3.05) is 6.54 Å². The molecule has 0 saturated carbocycles. The third kappa shape index (κ3) is 8.98. The summed E-state index contributed by atoms with van der Waals surface area (Å²) in [4.78, 5) is 2.41. The van der Waals surface area contributed by atoms with Gasteiger partial charge >= 0.3 is 0 Å². The molecular formula is C43H41NO3. The van der Waals surface area contributed by atoms with Crippen molar-refractivity contribution >= 4 is 0 Å². The van der Waals surface area contributed by atoms with Crippen LogP contribution in [0.1, 0.15) is 39.8 Å². The predicted molar refractivity (Wildman–Crippen MR) is 189 cm³/mol. The molecule has 0 aromatic heterocycles. The third-order valence-corrected chi connectivity index (χ3v) is 8.45. The molecule has 4 heteroatoms. The molecule has 0 saturated heterocycles. The number of hydrogen-bond acceptors (Lipinski definition) is 4. The Hall–Kier alpha value is -5.16. The zero-order chi connectivity index (χ0) is 32.2. The summed E-state index contributed by atoms with van der Waals surface area (Å²) in [5.74, 6) is 1.53. The van der Waals surface area contributed by atoms with Crippen LogP contribution in [0.25, 0.3) is 0 Å². The fourth-order valence-electron chi connectivity index (χ4n) is 5.81. The highest BCUT2D eigenvalue weighted by molar-refractivity contribution is 5.41. The average Bonchev–Trinajstić information content (AvgIpc) is 3.14. The number of nitrogens with zero attached hydrogens (tertiary/aromatic N) is 1. The Morgan fingerprint density at radius 3 is 1.13 bits per heavy atom. The molecule has 6 aromatic carbocycles. The number of aliphatic hydroxyl groups is 1. The largest absolute Gasteiger partial charge is 0.489 e. The highest BCUT2D eigenvalue weighted by Gasteiger charge is 2.32. The smallest absolute Gasteiger partial charge is 0.119 e. The second-order valence-electron chi connectivity index (χ2n) is 11.9. The Labute approximate surface area is 278 Å². The summed E-state index contributed by atoms with van der Waals surface area (Å²) in [6, 6.07) is 57.1. The van der Waals surface area contributed by atoms with E-state index in [1.54, 1.807) is 0 Å². The van der Waals surface area contributed by atoms with E-state index in [4.69, 9.17) is 9.47 Å². The van der Waals surface area contributed by atoms with Gasteiger partial charge in [-0.2, -0.15) is 0 Å². The van der Waals surface area contributed by atoms with Gasteiger partial charge in [-0.05, 0) is 64.1 Å². The third-order valence-electron chi connectivity index (χ3n) is 8.45. The molecule has 0 heterocycles. The lowest BCUT2D eigenvalue weighted by Gasteiger charge is -2.33. The first-order chi connectivity index (χ1) is 23.1. The molecule has 6 rings (SSSR count). The van der Waals surface area contributed by atoms with Gasteiger partial charge in [-0.15, -0.1) is 0 Å². The van der Waals surface area contributed by atoms with Crippen molar-refractivity contribution in [2.45, 2.75) is 38.3 Å².